The number of ether oxygens (including phenoxy) is 1. The van der Waals surface area contributed by atoms with Crippen LogP contribution in [0.3, 0.4) is 0 Å². The summed E-state index contributed by atoms with van der Waals surface area (Å²) >= 11 is 0. The summed E-state index contributed by atoms with van der Waals surface area (Å²) in [6, 6.07) is 18.2. The molecule has 1 aromatic heterocycles. The van der Waals surface area contributed by atoms with Gasteiger partial charge in [-0.25, -0.2) is 0 Å². The van der Waals surface area contributed by atoms with Crippen molar-refractivity contribution in [3.8, 4) is 5.75 Å². The Hall–Kier alpha value is -3.08. The minimum absolute atomic E-state index is 0.0189. The van der Waals surface area contributed by atoms with Gasteiger partial charge in [0, 0.05) is 23.7 Å². The van der Waals surface area contributed by atoms with Gasteiger partial charge in [0.2, 0.25) is 5.91 Å². The van der Waals surface area contributed by atoms with E-state index >= 15 is 0 Å². The summed E-state index contributed by atoms with van der Waals surface area (Å²) in [7, 11) is 0. The summed E-state index contributed by atoms with van der Waals surface area (Å²) in [4.78, 5) is 12.2. The van der Waals surface area contributed by atoms with E-state index in [1.54, 1.807) is 0 Å². The molecule has 0 radical (unpaired) electrons. The summed E-state index contributed by atoms with van der Waals surface area (Å²) in [5.74, 6) is 1.41. The van der Waals surface area contributed by atoms with E-state index in [0.717, 1.165) is 22.6 Å². The van der Waals surface area contributed by atoms with Gasteiger partial charge < -0.3 is 10.1 Å². The Balaban J connectivity index is 1.73. The maximum Gasteiger partial charge on any atom is 0.226 e. The molecule has 5 nitrogen and oxygen atoms in total. The van der Waals surface area contributed by atoms with Crippen LogP contribution < -0.4 is 10.1 Å². The van der Waals surface area contributed by atoms with Crippen LogP contribution in [0.15, 0.2) is 54.6 Å². The lowest BCUT2D eigenvalue weighted by molar-refractivity contribution is -0.117. The number of aryl methyl sites for hydroxylation is 2. The SMILES string of the molecule is Cc1ccc(OCc2ccccc2)c(Cn2nc(NC(=O)CC(C)(C)C)cc2C)c1. The molecule has 5 heteroatoms. The maximum atomic E-state index is 12.2. The summed E-state index contributed by atoms with van der Waals surface area (Å²) in [5.41, 5.74) is 4.28. The lowest BCUT2D eigenvalue weighted by Crippen LogP contribution is -2.20. The van der Waals surface area contributed by atoms with Crippen molar-refractivity contribution in [2.24, 2.45) is 5.41 Å². The van der Waals surface area contributed by atoms with Crippen LogP contribution in [0.5, 0.6) is 5.75 Å². The number of nitrogens with zero attached hydrogens (tertiary/aromatic N) is 2. The van der Waals surface area contributed by atoms with Gasteiger partial charge in [-0.3, -0.25) is 9.48 Å². The third kappa shape index (κ3) is 6.21. The highest BCUT2D eigenvalue weighted by Gasteiger charge is 2.17. The third-order valence-corrected chi connectivity index (χ3v) is 4.71. The maximum absolute atomic E-state index is 12.2. The Kier molecular flexibility index (Phi) is 6.60. The largest absolute Gasteiger partial charge is 0.489 e. The quantitative estimate of drug-likeness (QED) is 0.564. The van der Waals surface area contributed by atoms with Crippen molar-refractivity contribution in [2.75, 3.05) is 5.32 Å². The zero-order valence-electron chi connectivity index (χ0n) is 18.5. The highest BCUT2D eigenvalue weighted by Crippen LogP contribution is 2.24. The zero-order valence-corrected chi connectivity index (χ0v) is 18.5. The Morgan fingerprint density at radius 1 is 1.07 bits per heavy atom. The number of rotatable bonds is 7. The summed E-state index contributed by atoms with van der Waals surface area (Å²) in [6.07, 6.45) is 0.453. The fourth-order valence-corrected chi connectivity index (χ4v) is 3.27. The van der Waals surface area contributed by atoms with Gasteiger partial charge in [-0.05, 0) is 30.9 Å². The lowest BCUT2D eigenvalue weighted by atomic mass is 9.92. The fourth-order valence-electron chi connectivity index (χ4n) is 3.27. The van der Waals surface area contributed by atoms with Crippen molar-refractivity contribution in [2.45, 2.75) is 54.2 Å². The van der Waals surface area contributed by atoms with Gasteiger partial charge in [0.05, 0.1) is 6.54 Å². The van der Waals surface area contributed by atoms with E-state index in [0.29, 0.717) is 25.4 Å². The molecule has 0 saturated carbocycles. The van der Waals surface area contributed by atoms with E-state index in [-0.39, 0.29) is 11.3 Å². The van der Waals surface area contributed by atoms with Gasteiger partial charge >= 0.3 is 0 Å². The number of amides is 1. The van der Waals surface area contributed by atoms with E-state index in [9.17, 15) is 4.79 Å². The number of anilines is 1. The average Bonchev–Trinajstić information content (AvgIpc) is 2.99. The van der Waals surface area contributed by atoms with Crippen molar-refractivity contribution in [3.63, 3.8) is 0 Å². The number of nitrogens with one attached hydrogen (secondary N) is 1. The fraction of sp³-hybridized carbons (Fsp3) is 0.360. The molecule has 0 saturated heterocycles. The van der Waals surface area contributed by atoms with E-state index in [4.69, 9.17) is 4.74 Å². The topological polar surface area (TPSA) is 56.1 Å². The minimum Gasteiger partial charge on any atom is -0.489 e. The second-order valence-corrected chi connectivity index (χ2v) is 9.00. The van der Waals surface area contributed by atoms with Crippen LogP contribution in [0.4, 0.5) is 5.82 Å². The first-order valence-corrected chi connectivity index (χ1v) is 10.3. The number of hydrogen-bond donors (Lipinski definition) is 1. The molecule has 0 bridgehead atoms. The van der Waals surface area contributed by atoms with Gasteiger partial charge in [-0.1, -0.05) is 68.8 Å². The number of aromatic nitrogens is 2. The van der Waals surface area contributed by atoms with Crippen LogP contribution in [-0.4, -0.2) is 15.7 Å². The molecule has 0 aliphatic rings. The van der Waals surface area contributed by atoms with Gasteiger partial charge in [-0.15, -0.1) is 0 Å². The average molecular weight is 406 g/mol. The van der Waals surface area contributed by atoms with Crippen LogP contribution >= 0.6 is 0 Å². The lowest BCUT2D eigenvalue weighted by Gasteiger charge is -2.16. The highest BCUT2D eigenvalue weighted by molar-refractivity contribution is 5.90. The van der Waals surface area contributed by atoms with Crippen LogP contribution in [0.25, 0.3) is 0 Å². The molecule has 30 heavy (non-hydrogen) atoms. The van der Waals surface area contributed by atoms with E-state index in [2.05, 4.69) is 41.6 Å². The zero-order chi connectivity index (χ0) is 21.7. The molecule has 0 fully saturated rings. The molecule has 1 amide bonds. The molecular formula is C25H31N3O2. The first-order valence-electron chi connectivity index (χ1n) is 10.3. The molecule has 2 aromatic carbocycles. The van der Waals surface area contributed by atoms with Crippen LogP contribution in [0.2, 0.25) is 0 Å². The second-order valence-electron chi connectivity index (χ2n) is 9.00. The van der Waals surface area contributed by atoms with Gasteiger partial charge in [-0.2, -0.15) is 5.10 Å². The molecule has 158 valence electrons. The molecule has 3 aromatic rings. The standard InChI is InChI=1S/C25H31N3O2/c1-18-11-12-22(30-17-20-9-7-6-8-10-20)21(13-18)16-28-19(2)14-23(27-28)26-24(29)15-25(3,4)5/h6-14H,15-17H2,1-5H3,(H,26,27,29). The van der Waals surface area contributed by atoms with Crippen molar-refractivity contribution in [3.05, 3.63) is 77.0 Å². The summed E-state index contributed by atoms with van der Waals surface area (Å²) < 4.78 is 8.01. The van der Waals surface area contributed by atoms with Gasteiger partial charge in [0.25, 0.3) is 0 Å². The molecule has 0 aliphatic carbocycles. The predicted molar refractivity (Wildman–Crippen MR) is 121 cm³/mol. The molecule has 0 unspecified atom stereocenters. The Bertz CT molecular complexity index is 1000. The first-order chi connectivity index (χ1) is 14.2. The second kappa shape index (κ2) is 9.16. The number of carbonyl (C=O) groups excluding carboxylic acids is 1. The van der Waals surface area contributed by atoms with Crippen LogP contribution in [0.1, 0.15) is 49.6 Å². The molecular weight excluding hydrogens is 374 g/mol. The highest BCUT2D eigenvalue weighted by atomic mass is 16.5. The molecule has 1 N–H and O–H groups in total. The number of benzene rings is 2. The number of hydrogen-bond acceptors (Lipinski definition) is 3. The summed E-state index contributed by atoms with van der Waals surface area (Å²) in [5, 5.41) is 7.51. The predicted octanol–water partition coefficient (Wildman–Crippen LogP) is 5.50. The molecule has 3 rings (SSSR count). The van der Waals surface area contributed by atoms with Crippen molar-refractivity contribution in [1.82, 2.24) is 9.78 Å². The van der Waals surface area contributed by atoms with Crippen molar-refractivity contribution < 1.29 is 9.53 Å². The van der Waals surface area contributed by atoms with Gasteiger partial charge in [0.15, 0.2) is 5.82 Å². The normalized spacial score (nSPS) is 11.4. The molecule has 0 atom stereocenters. The van der Waals surface area contributed by atoms with Crippen LogP contribution in [-0.2, 0) is 17.9 Å². The Morgan fingerprint density at radius 3 is 2.50 bits per heavy atom. The first kappa shape index (κ1) is 21.6. The number of carbonyl (C=O) groups is 1. The Morgan fingerprint density at radius 2 is 1.80 bits per heavy atom. The van der Waals surface area contributed by atoms with E-state index in [1.807, 2.05) is 62.7 Å². The Labute approximate surface area is 179 Å². The van der Waals surface area contributed by atoms with Gasteiger partial charge in [0.1, 0.15) is 12.4 Å². The summed E-state index contributed by atoms with van der Waals surface area (Å²) in [6.45, 7) is 11.3. The molecule has 0 spiro atoms. The van der Waals surface area contributed by atoms with E-state index < -0.39 is 0 Å². The van der Waals surface area contributed by atoms with Crippen LogP contribution in [0, 0.1) is 19.3 Å². The smallest absolute Gasteiger partial charge is 0.226 e. The van der Waals surface area contributed by atoms with E-state index in [1.165, 1.54) is 5.56 Å². The molecule has 0 aliphatic heterocycles. The molecule has 1 heterocycles. The van der Waals surface area contributed by atoms with Crippen molar-refractivity contribution >= 4 is 11.7 Å². The monoisotopic (exact) mass is 405 g/mol. The van der Waals surface area contributed by atoms with Crippen molar-refractivity contribution in [1.29, 1.82) is 0 Å². The minimum atomic E-state index is -0.0613. The third-order valence-electron chi connectivity index (χ3n) is 4.71.